The molecule has 14 rings (SSSR count). The van der Waals surface area contributed by atoms with Crippen molar-refractivity contribution in [3.05, 3.63) is 247 Å². The van der Waals surface area contributed by atoms with E-state index in [1.54, 1.807) is 0 Å². The van der Waals surface area contributed by atoms with Crippen molar-refractivity contribution in [2.75, 3.05) is 4.90 Å². The van der Waals surface area contributed by atoms with Crippen molar-refractivity contribution in [3.63, 3.8) is 0 Å². The molecule has 63 heavy (non-hydrogen) atoms. The molecule has 0 atom stereocenters. The van der Waals surface area contributed by atoms with E-state index in [-0.39, 0.29) is 0 Å². The number of rotatable bonds is 4. The van der Waals surface area contributed by atoms with E-state index in [9.17, 15) is 0 Å². The van der Waals surface area contributed by atoms with Crippen LogP contribution in [0.1, 0.15) is 22.3 Å². The van der Waals surface area contributed by atoms with Gasteiger partial charge in [-0.05, 0) is 125 Å². The zero-order valence-corrected chi connectivity index (χ0v) is 35.0. The summed E-state index contributed by atoms with van der Waals surface area (Å²) in [6.45, 7) is 0. The fourth-order valence-corrected chi connectivity index (χ4v) is 12.7. The zero-order valence-electron chi connectivity index (χ0n) is 34.2. The first-order valence-electron chi connectivity index (χ1n) is 21.8. The molecule has 2 aliphatic rings. The maximum Gasteiger partial charge on any atom is 0.0726 e. The van der Waals surface area contributed by atoms with Crippen molar-refractivity contribution < 1.29 is 0 Å². The summed E-state index contributed by atoms with van der Waals surface area (Å²) in [5.74, 6) is 0. The molecule has 1 aromatic heterocycles. The molecule has 0 saturated carbocycles. The first-order chi connectivity index (χ1) is 31.3. The van der Waals surface area contributed by atoms with Crippen LogP contribution in [0.3, 0.4) is 0 Å². The molecule has 11 aromatic carbocycles. The summed E-state index contributed by atoms with van der Waals surface area (Å²) in [5.41, 5.74) is 16.0. The van der Waals surface area contributed by atoms with Crippen LogP contribution < -0.4 is 4.90 Å². The number of benzene rings is 11. The summed E-state index contributed by atoms with van der Waals surface area (Å²) >= 11 is 1.87. The lowest BCUT2D eigenvalue weighted by molar-refractivity contribution is 0.794. The normalized spacial score (nSPS) is 13.2. The molecule has 292 valence electrons. The summed E-state index contributed by atoms with van der Waals surface area (Å²) in [6, 6.07) is 84.1. The number of nitrogens with zero attached hydrogens (tertiary/aromatic N) is 1. The first-order valence-corrected chi connectivity index (χ1v) is 22.7. The van der Waals surface area contributed by atoms with Gasteiger partial charge in [-0.1, -0.05) is 182 Å². The van der Waals surface area contributed by atoms with Gasteiger partial charge in [-0.25, -0.2) is 0 Å². The molecule has 0 unspecified atom stereocenters. The van der Waals surface area contributed by atoms with Crippen molar-refractivity contribution in [1.82, 2.24) is 0 Å². The molecule has 0 radical (unpaired) electrons. The number of thiophene rings is 1. The number of anilines is 3. The molecule has 0 fully saturated rings. The molecule has 0 N–H and O–H groups in total. The van der Waals surface area contributed by atoms with E-state index in [4.69, 9.17) is 0 Å². The topological polar surface area (TPSA) is 3.24 Å². The van der Waals surface area contributed by atoms with Crippen molar-refractivity contribution in [1.29, 1.82) is 0 Å². The molecule has 0 saturated heterocycles. The first kappa shape index (κ1) is 34.9. The monoisotopic (exact) mass is 815 g/mol. The minimum atomic E-state index is -0.439. The maximum atomic E-state index is 2.52. The third-order valence-corrected chi connectivity index (χ3v) is 15.2. The van der Waals surface area contributed by atoms with Crippen LogP contribution in [0.5, 0.6) is 0 Å². The van der Waals surface area contributed by atoms with Crippen LogP contribution in [0.4, 0.5) is 17.1 Å². The van der Waals surface area contributed by atoms with E-state index < -0.39 is 5.41 Å². The Morgan fingerprint density at radius 2 is 0.794 bits per heavy atom. The molecule has 0 amide bonds. The van der Waals surface area contributed by atoms with Crippen molar-refractivity contribution in [3.8, 4) is 33.4 Å². The molecular formula is C61H37NS. The molecular weight excluding hydrogens is 779 g/mol. The third-order valence-electron chi connectivity index (χ3n) is 14.1. The lowest BCUT2D eigenvalue weighted by Crippen LogP contribution is -2.26. The predicted octanol–water partition coefficient (Wildman–Crippen LogP) is 17.0. The Labute approximate surface area is 369 Å². The summed E-state index contributed by atoms with van der Waals surface area (Å²) in [7, 11) is 0. The van der Waals surface area contributed by atoms with Gasteiger partial charge in [0, 0.05) is 37.1 Å². The van der Waals surface area contributed by atoms with Gasteiger partial charge in [-0.2, -0.15) is 0 Å². The quantitative estimate of drug-likeness (QED) is 0.160. The van der Waals surface area contributed by atoms with Crippen molar-refractivity contribution >= 4 is 80.9 Å². The van der Waals surface area contributed by atoms with Crippen LogP contribution >= 0.6 is 11.3 Å². The Hall–Kier alpha value is -7.78. The highest BCUT2D eigenvalue weighted by atomic mass is 32.1. The molecule has 2 aliphatic carbocycles. The van der Waals surface area contributed by atoms with Gasteiger partial charge in [-0.15, -0.1) is 11.3 Å². The van der Waals surface area contributed by atoms with E-state index in [0.29, 0.717) is 0 Å². The minimum absolute atomic E-state index is 0.439. The van der Waals surface area contributed by atoms with Crippen LogP contribution in [-0.4, -0.2) is 0 Å². The number of hydrogen-bond acceptors (Lipinski definition) is 2. The highest BCUT2D eigenvalue weighted by Crippen LogP contribution is 2.64. The minimum Gasteiger partial charge on any atom is -0.310 e. The second kappa shape index (κ2) is 13.1. The fourth-order valence-electron chi connectivity index (χ4n) is 11.6. The Kier molecular flexibility index (Phi) is 7.26. The van der Waals surface area contributed by atoms with Crippen molar-refractivity contribution in [2.45, 2.75) is 5.41 Å². The van der Waals surface area contributed by atoms with Gasteiger partial charge in [0.25, 0.3) is 0 Å². The summed E-state index contributed by atoms with van der Waals surface area (Å²) < 4.78 is 2.64. The lowest BCUT2D eigenvalue weighted by Gasteiger charge is -2.32. The SMILES string of the molecule is c1ccc2c(c1)-c1ccccc1C21c2ccccc2-c2c(N(c3ccc(-c4cccc5sc6ccccc6c45)cc3)c3ccc4c5ccccc5c5ccccc5c4c3)cccc21. The molecule has 1 heterocycles. The summed E-state index contributed by atoms with van der Waals surface area (Å²) in [5, 5.41) is 10.3. The second-order valence-corrected chi connectivity index (χ2v) is 18.2. The molecule has 0 bridgehead atoms. The highest BCUT2D eigenvalue weighted by molar-refractivity contribution is 7.25. The Morgan fingerprint density at radius 3 is 1.48 bits per heavy atom. The van der Waals surface area contributed by atoms with Gasteiger partial charge in [0.1, 0.15) is 0 Å². The summed E-state index contributed by atoms with van der Waals surface area (Å²) in [6.07, 6.45) is 0. The number of fused-ring (bicyclic) bond motifs is 19. The van der Waals surface area contributed by atoms with Gasteiger partial charge in [0.2, 0.25) is 0 Å². The van der Waals surface area contributed by atoms with Crippen LogP contribution in [0, 0.1) is 0 Å². The van der Waals surface area contributed by atoms with E-state index in [1.807, 2.05) is 11.3 Å². The van der Waals surface area contributed by atoms with Gasteiger partial charge in [0.05, 0.1) is 11.1 Å². The third kappa shape index (κ3) is 4.71. The van der Waals surface area contributed by atoms with Crippen LogP contribution in [0.15, 0.2) is 224 Å². The Balaban J connectivity index is 1.04. The van der Waals surface area contributed by atoms with E-state index >= 15 is 0 Å². The largest absolute Gasteiger partial charge is 0.310 e. The standard InChI is InChI=1S/C61H37NS/c1-2-17-44-42(15-1)43-16-3-4-18-45(43)51-37-40(35-36-46(44)51)62(39-33-31-38(32-34-39)41-23-13-30-58-59(41)50-22-8-12-29-57(50)63-58)56-28-14-27-55-60(56)49-21-7-11-26-54(49)61(55)52-24-9-5-19-47(52)48-20-6-10-25-53(48)61/h1-37H. The molecule has 1 nitrogen and oxygen atoms in total. The van der Waals surface area contributed by atoms with Gasteiger partial charge >= 0.3 is 0 Å². The smallest absolute Gasteiger partial charge is 0.0726 e. The van der Waals surface area contributed by atoms with Crippen LogP contribution in [0.2, 0.25) is 0 Å². The lowest BCUT2D eigenvalue weighted by atomic mass is 9.70. The van der Waals surface area contributed by atoms with Crippen molar-refractivity contribution in [2.24, 2.45) is 0 Å². The van der Waals surface area contributed by atoms with Gasteiger partial charge in [-0.3, -0.25) is 0 Å². The fraction of sp³-hybridized carbons (Fsp3) is 0.0164. The Bertz CT molecular complexity index is 3790. The molecule has 12 aromatic rings. The average Bonchev–Trinajstić information content (AvgIpc) is 3.99. The summed E-state index contributed by atoms with van der Waals surface area (Å²) in [4.78, 5) is 2.52. The van der Waals surface area contributed by atoms with E-state index in [2.05, 4.69) is 229 Å². The Morgan fingerprint density at radius 1 is 0.317 bits per heavy atom. The average molecular weight is 816 g/mol. The maximum absolute atomic E-state index is 2.52. The molecule has 2 heteroatoms. The number of hydrogen-bond donors (Lipinski definition) is 0. The predicted molar refractivity (Wildman–Crippen MR) is 268 cm³/mol. The molecule has 1 spiro atoms. The zero-order chi connectivity index (χ0) is 41.2. The second-order valence-electron chi connectivity index (χ2n) is 17.1. The highest BCUT2D eigenvalue weighted by Gasteiger charge is 2.52. The van der Waals surface area contributed by atoms with Crippen LogP contribution in [-0.2, 0) is 5.41 Å². The van der Waals surface area contributed by atoms with E-state index in [0.717, 1.165) is 11.4 Å². The van der Waals surface area contributed by atoms with Gasteiger partial charge in [0.15, 0.2) is 0 Å². The van der Waals surface area contributed by atoms with Gasteiger partial charge < -0.3 is 4.90 Å². The molecule has 0 aliphatic heterocycles. The van der Waals surface area contributed by atoms with E-state index in [1.165, 1.54) is 114 Å². The van der Waals surface area contributed by atoms with Crippen LogP contribution in [0.25, 0.3) is 85.9 Å².